The average Bonchev–Trinajstić information content (AvgIpc) is 2.03. The van der Waals surface area contributed by atoms with Crippen molar-refractivity contribution in [1.82, 2.24) is 9.97 Å². The minimum atomic E-state index is -0.282. The molecule has 0 aliphatic carbocycles. The van der Waals surface area contributed by atoms with E-state index in [2.05, 4.69) is 9.97 Å². The fourth-order valence-electron chi connectivity index (χ4n) is 0.570. The Morgan fingerprint density at radius 2 is 2.55 bits per heavy atom. The summed E-state index contributed by atoms with van der Waals surface area (Å²) in [6, 6.07) is 1.83. The highest BCUT2D eigenvalue weighted by molar-refractivity contribution is 7.99. The zero-order valence-electron chi connectivity index (χ0n) is 6.27. The average molecular weight is 170 g/mol. The van der Waals surface area contributed by atoms with Crippen molar-refractivity contribution in [2.45, 2.75) is 18.1 Å². The van der Waals surface area contributed by atoms with E-state index in [0.717, 1.165) is 5.03 Å². The first-order chi connectivity index (χ1) is 5.29. The van der Waals surface area contributed by atoms with E-state index in [1.165, 1.54) is 18.1 Å². The normalized spacial score (nSPS) is 12.9. The van der Waals surface area contributed by atoms with Crippen molar-refractivity contribution in [1.29, 1.82) is 0 Å². The molecule has 1 aromatic rings. The van der Waals surface area contributed by atoms with Crippen LogP contribution in [0.5, 0.6) is 0 Å². The molecule has 1 atom stereocenters. The highest BCUT2D eigenvalue weighted by atomic mass is 32.2. The van der Waals surface area contributed by atoms with Crippen LogP contribution in [0.1, 0.15) is 6.92 Å². The van der Waals surface area contributed by atoms with Crippen molar-refractivity contribution in [2.24, 2.45) is 0 Å². The third kappa shape index (κ3) is 3.34. The van der Waals surface area contributed by atoms with E-state index >= 15 is 0 Å². The largest absolute Gasteiger partial charge is 0.393 e. The molecule has 60 valence electrons. The van der Waals surface area contributed by atoms with Gasteiger partial charge in [0.1, 0.15) is 6.33 Å². The third-order valence-corrected chi connectivity index (χ3v) is 2.21. The Labute approximate surface area is 69.9 Å². The summed E-state index contributed by atoms with van der Waals surface area (Å²) in [5, 5.41) is 9.85. The van der Waals surface area contributed by atoms with Crippen molar-refractivity contribution in [3.8, 4) is 0 Å². The van der Waals surface area contributed by atoms with E-state index in [-0.39, 0.29) is 6.10 Å². The molecule has 1 rings (SSSR count). The first-order valence-electron chi connectivity index (χ1n) is 3.36. The second kappa shape index (κ2) is 4.31. The number of thioether (sulfide) groups is 1. The van der Waals surface area contributed by atoms with Gasteiger partial charge in [-0.1, -0.05) is 0 Å². The predicted octanol–water partition coefficient (Wildman–Crippen LogP) is 0.950. The molecule has 0 aromatic carbocycles. The van der Waals surface area contributed by atoms with Crippen molar-refractivity contribution in [3.05, 3.63) is 18.6 Å². The van der Waals surface area contributed by atoms with Gasteiger partial charge in [0.05, 0.1) is 11.1 Å². The van der Waals surface area contributed by atoms with Crippen LogP contribution in [0.15, 0.2) is 23.6 Å². The van der Waals surface area contributed by atoms with E-state index in [4.69, 9.17) is 5.11 Å². The highest BCUT2D eigenvalue weighted by Gasteiger charge is 1.97. The third-order valence-electron chi connectivity index (χ3n) is 1.03. The molecule has 0 saturated carbocycles. The zero-order chi connectivity index (χ0) is 8.10. The first kappa shape index (κ1) is 8.49. The Morgan fingerprint density at radius 3 is 3.09 bits per heavy atom. The SMILES string of the molecule is CC(O)CSc1ccncn1. The monoisotopic (exact) mass is 170 g/mol. The molecule has 11 heavy (non-hydrogen) atoms. The van der Waals surface area contributed by atoms with Gasteiger partial charge < -0.3 is 5.11 Å². The molecule has 0 spiro atoms. The molecule has 3 nitrogen and oxygen atoms in total. The van der Waals surface area contributed by atoms with Crippen LogP contribution in [0.4, 0.5) is 0 Å². The summed E-state index contributed by atoms with van der Waals surface area (Å²) in [4.78, 5) is 7.78. The molecule has 1 unspecified atom stereocenters. The lowest BCUT2D eigenvalue weighted by Gasteiger charge is -2.01. The Morgan fingerprint density at radius 1 is 1.73 bits per heavy atom. The maximum Gasteiger partial charge on any atom is 0.116 e. The number of rotatable bonds is 3. The number of aliphatic hydroxyl groups excluding tert-OH is 1. The summed E-state index contributed by atoms with van der Waals surface area (Å²) < 4.78 is 0. The standard InChI is InChI=1S/C7H10N2OS/c1-6(10)4-11-7-2-3-8-5-9-7/h2-3,5-6,10H,4H2,1H3. The number of aliphatic hydroxyl groups is 1. The van der Waals surface area contributed by atoms with Crippen LogP contribution >= 0.6 is 11.8 Å². The number of nitrogens with zero attached hydrogens (tertiary/aromatic N) is 2. The maximum absolute atomic E-state index is 8.95. The molecular weight excluding hydrogens is 160 g/mol. The Balaban J connectivity index is 2.39. The second-order valence-corrected chi connectivity index (χ2v) is 3.25. The van der Waals surface area contributed by atoms with E-state index in [1.54, 1.807) is 13.1 Å². The van der Waals surface area contributed by atoms with Crippen LogP contribution in [0.25, 0.3) is 0 Å². The molecule has 1 heterocycles. The van der Waals surface area contributed by atoms with E-state index in [9.17, 15) is 0 Å². The molecule has 0 bridgehead atoms. The fourth-order valence-corrected chi connectivity index (χ4v) is 1.26. The van der Waals surface area contributed by atoms with Gasteiger partial charge >= 0.3 is 0 Å². The predicted molar refractivity (Wildman–Crippen MR) is 44.4 cm³/mol. The van der Waals surface area contributed by atoms with Crippen LogP contribution in [0, 0.1) is 0 Å². The Kier molecular flexibility index (Phi) is 3.32. The van der Waals surface area contributed by atoms with Crippen LogP contribution in [0.3, 0.4) is 0 Å². The summed E-state index contributed by atoms with van der Waals surface area (Å²) in [6.45, 7) is 1.76. The van der Waals surface area contributed by atoms with Crippen LogP contribution < -0.4 is 0 Å². The van der Waals surface area contributed by atoms with Gasteiger partial charge in [-0.25, -0.2) is 9.97 Å². The van der Waals surface area contributed by atoms with Crippen molar-refractivity contribution < 1.29 is 5.11 Å². The number of hydrogen-bond donors (Lipinski definition) is 1. The van der Waals surface area contributed by atoms with Crippen molar-refractivity contribution in [3.63, 3.8) is 0 Å². The quantitative estimate of drug-likeness (QED) is 0.542. The van der Waals surface area contributed by atoms with Gasteiger partial charge in [-0.15, -0.1) is 11.8 Å². The molecule has 0 saturated heterocycles. The minimum absolute atomic E-state index is 0.282. The molecule has 0 fully saturated rings. The smallest absolute Gasteiger partial charge is 0.116 e. The molecule has 1 N–H and O–H groups in total. The Hall–Kier alpha value is -0.610. The van der Waals surface area contributed by atoms with Gasteiger partial charge in [-0.05, 0) is 13.0 Å². The van der Waals surface area contributed by atoms with Gasteiger partial charge in [0.25, 0.3) is 0 Å². The van der Waals surface area contributed by atoms with Gasteiger partial charge in [0, 0.05) is 11.9 Å². The second-order valence-electron chi connectivity index (χ2n) is 2.21. The van der Waals surface area contributed by atoms with Crippen LogP contribution in [0.2, 0.25) is 0 Å². The van der Waals surface area contributed by atoms with Gasteiger partial charge in [0.2, 0.25) is 0 Å². The summed E-state index contributed by atoms with van der Waals surface area (Å²) in [6.07, 6.45) is 2.91. The van der Waals surface area contributed by atoms with Gasteiger partial charge in [0.15, 0.2) is 0 Å². The molecule has 0 amide bonds. The number of hydrogen-bond acceptors (Lipinski definition) is 4. The fraction of sp³-hybridized carbons (Fsp3) is 0.429. The number of aromatic nitrogens is 2. The highest BCUT2D eigenvalue weighted by Crippen LogP contribution is 2.13. The molecule has 0 aliphatic heterocycles. The molecular formula is C7H10N2OS. The summed E-state index contributed by atoms with van der Waals surface area (Å²) >= 11 is 1.53. The van der Waals surface area contributed by atoms with Crippen LogP contribution in [-0.2, 0) is 0 Å². The van der Waals surface area contributed by atoms with E-state index in [0.29, 0.717) is 5.75 Å². The van der Waals surface area contributed by atoms with E-state index in [1.807, 2.05) is 6.07 Å². The lowest BCUT2D eigenvalue weighted by atomic mass is 10.5. The lowest BCUT2D eigenvalue weighted by molar-refractivity contribution is 0.220. The zero-order valence-corrected chi connectivity index (χ0v) is 7.08. The van der Waals surface area contributed by atoms with Crippen molar-refractivity contribution in [2.75, 3.05) is 5.75 Å². The summed E-state index contributed by atoms with van der Waals surface area (Å²) in [7, 11) is 0. The maximum atomic E-state index is 8.95. The molecule has 4 heteroatoms. The molecule has 0 radical (unpaired) electrons. The molecule has 1 aromatic heterocycles. The minimum Gasteiger partial charge on any atom is -0.393 e. The van der Waals surface area contributed by atoms with Gasteiger partial charge in [-0.3, -0.25) is 0 Å². The topological polar surface area (TPSA) is 46.0 Å². The van der Waals surface area contributed by atoms with E-state index < -0.39 is 0 Å². The molecule has 0 aliphatic rings. The summed E-state index contributed by atoms with van der Waals surface area (Å²) in [5.41, 5.74) is 0. The van der Waals surface area contributed by atoms with Gasteiger partial charge in [-0.2, -0.15) is 0 Å². The lowest BCUT2D eigenvalue weighted by Crippen LogP contribution is -2.02. The first-order valence-corrected chi connectivity index (χ1v) is 4.34. The van der Waals surface area contributed by atoms with Crippen LogP contribution in [-0.4, -0.2) is 26.9 Å². The Bertz CT molecular complexity index is 203. The van der Waals surface area contributed by atoms with Crippen molar-refractivity contribution >= 4 is 11.8 Å². The summed E-state index contributed by atoms with van der Waals surface area (Å²) in [5.74, 6) is 0.678.